The third-order valence-corrected chi connectivity index (χ3v) is 3.89. The molecule has 2 heterocycles. The maximum absolute atomic E-state index is 12.3. The molecule has 0 aliphatic carbocycles. The fourth-order valence-corrected chi connectivity index (χ4v) is 2.49. The fourth-order valence-electron chi connectivity index (χ4n) is 2.20. The third-order valence-electron chi connectivity index (χ3n) is 3.48. The second kappa shape index (κ2) is 6.75. The van der Waals surface area contributed by atoms with E-state index in [1.165, 1.54) is 0 Å². The Kier molecular flexibility index (Phi) is 4.52. The van der Waals surface area contributed by atoms with Crippen LogP contribution in [-0.2, 0) is 0 Å². The lowest BCUT2D eigenvalue weighted by atomic mass is 10.1. The maximum atomic E-state index is 12.3. The molecule has 0 saturated carbocycles. The molecule has 6 heteroatoms. The minimum absolute atomic E-state index is 0.0991. The minimum atomic E-state index is -0.116. The van der Waals surface area contributed by atoms with Gasteiger partial charge in [0.1, 0.15) is 0 Å². The van der Waals surface area contributed by atoms with Crippen molar-refractivity contribution in [3.05, 3.63) is 76.8 Å². The Balaban J connectivity index is 1.70. The van der Waals surface area contributed by atoms with E-state index in [2.05, 4.69) is 31.3 Å². The van der Waals surface area contributed by atoms with E-state index in [0.29, 0.717) is 5.56 Å². The fraction of sp³-hybridized carbons (Fsp3) is 0.118. The van der Waals surface area contributed by atoms with Gasteiger partial charge in [-0.3, -0.25) is 9.78 Å². The van der Waals surface area contributed by atoms with E-state index < -0.39 is 0 Å². The molecule has 0 saturated heterocycles. The zero-order chi connectivity index (χ0) is 16.2. The van der Waals surface area contributed by atoms with Crippen molar-refractivity contribution in [2.75, 3.05) is 0 Å². The normalized spacial score (nSPS) is 11.9. The predicted molar refractivity (Wildman–Crippen MR) is 91.4 cm³/mol. The zero-order valence-electron chi connectivity index (χ0n) is 12.5. The van der Waals surface area contributed by atoms with E-state index in [1.54, 1.807) is 35.4 Å². The summed E-state index contributed by atoms with van der Waals surface area (Å²) in [6.07, 6.45) is 7.05. The first-order valence-electron chi connectivity index (χ1n) is 7.15. The molecule has 116 valence electrons. The van der Waals surface area contributed by atoms with Gasteiger partial charge in [0, 0.05) is 24.2 Å². The van der Waals surface area contributed by atoms with Gasteiger partial charge in [0.15, 0.2) is 0 Å². The number of rotatable bonds is 4. The molecular formula is C17H15BrN4O. The molecule has 0 aliphatic rings. The monoisotopic (exact) mass is 370 g/mol. The van der Waals surface area contributed by atoms with Crippen LogP contribution in [0.4, 0.5) is 0 Å². The average molecular weight is 371 g/mol. The molecule has 5 nitrogen and oxygen atoms in total. The Hall–Kier alpha value is -2.47. The molecule has 1 aromatic carbocycles. The third kappa shape index (κ3) is 3.65. The van der Waals surface area contributed by atoms with Crippen LogP contribution in [-0.4, -0.2) is 20.7 Å². The first-order valence-corrected chi connectivity index (χ1v) is 7.94. The van der Waals surface area contributed by atoms with Gasteiger partial charge in [-0.2, -0.15) is 5.10 Å². The summed E-state index contributed by atoms with van der Waals surface area (Å²) in [6, 6.07) is 11.0. The number of hydrogen-bond acceptors (Lipinski definition) is 3. The van der Waals surface area contributed by atoms with E-state index in [4.69, 9.17) is 0 Å². The van der Waals surface area contributed by atoms with E-state index in [9.17, 15) is 4.79 Å². The molecule has 0 aliphatic heterocycles. The van der Waals surface area contributed by atoms with Crippen LogP contribution in [0.5, 0.6) is 0 Å². The number of nitrogens with zero attached hydrogens (tertiary/aromatic N) is 3. The second-order valence-electron chi connectivity index (χ2n) is 5.13. The van der Waals surface area contributed by atoms with Gasteiger partial charge in [-0.25, -0.2) is 4.68 Å². The van der Waals surface area contributed by atoms with Crippen molar-refractivity contribution in [1.82, 2.24) is 20.1 Å². The lowest BCUT2D eigenvalue weighted by molar-refractivity contribution is 0.0940. The van der Waals surface area contributed by atoms with Crippen molar-refractivity contribution in [3.63, 3.8) is 0 Å². The number of pyridine rings is 1. The summed E-state index contributed by atoms with van der Waals surface area (Å²) in [7, 11) is 0. The van der Waals surface area contributed by atoms with Crippen molar-refractivity contribution in [1.29, 1.82) is 0 Å². The van der Waals surface area contributed by atoms with Crippen molar-refractivity contribution in [3.8, 4) is 5.69 Å². The van der Waals surface area contributed by atoms with Gasteiger partial charge in [0.2, 0.25) is 0 Å². The molecule has 1 amide bonds. The Morgan fingerprint density at radius 1 is 1.22 bits per heavy atom. The molecule has 3 aromatic rings. The molecular weight excluding hydrogens is 356 g/mol. The summed E-state index contributed by atoms with van der Waals surface area (Å²) in [5.74, 6) is -0.116. The lowest BCUT2D eigenvalue weighted by Crippen LogP contribution is -2.26. The average Bonchev–Trinajstić information content (AvgIpc) is 3.02. The molecule has 0 unspecified atom stereocenters. The summed E-state index contributed by atoms with van der Waals surface area (Å²) in [6.45, 7) is 1.94. The predicted octanol–water partition coefficient (Wildman–Crippen LogP) is 3.52. The van der Waals surface area contributed by atoms with Crippen molar-refractivity contribution >= 4 is 21.8 Å². The van der Waals surface area contributed by atoms with Gasteiger partial charge in [0.05, 0.1) is 22.4 Å². The number of nitrogens with one attached hydrogen (secondary N) is 1. The number of carbonyl (C=O) groups excluding carboxylic acids is 1. The van der Waals surface area contributed by atoms with Crippen LogP contribution in [0, 0.1) is 0 Å². The molecule has 0 bridgehead atoms. The van der Waals surface area contributed by atoms with E-state index >= 15 is 0 Å². The van der Waals surface area contributed by atoms with Gasteiger partial charge >= 0.3 is 0 Å². The quantitative estimate of drug-likeness (QED) is 0.764. The second-order valence-corrected chi connectivity index (χ2v) is 6.05. The van der Waals surface area contributed by atoms with E-state index in [-0.39, 0.29) is 11.9 Å². The molecule has 0 radical (unpaired) electrons. The first kappa shape index (κ1) is 15.4. The Morgan fingerprint density at radius 2 is 2.00 bits per heavy atom. The van der Waals surface area contributed by atoms with Gasteiger partial charge in [-0.05, 0) is 58.7 Å². The van der Waals surface area contributed by atoms with Gasteiger partial charge in [0.25, 0.3) is 5.91 Å². The number of aromatic nitrogens is 3. The van der Waals surface area contributed by atoms with Crippen LogP contribution in [0.25, 0.3) is 5.69 Å². The minimum Gasteiger partial charge on any atom is -0.345 e. The summed E-state index contributed by atoms with van der Waals surface area (Å²) in [5.41, 5.74) is 2.47. The number of carbonyl (C=O) groups is 1. The van der Waals surface area contributed by atoms with Crippen LogP contribution in [0.2, 0.25) is 0 Å². The molecule has 1 atom stereocenters. The number of hydrogen-bond donors (Lipinski definition) is 1. The smallest absolute Gasteiger partial charge is 0.251 e. The largest absolute Gasteiger partial charge is 0.345 e. The van der Waals surface area contributed by atoms with Crippen LogP contribution in [0.3, 0.4) is 0 Å². The summed E-state index contributed by atoms with van der Waals surface area (Å²) in [5, 5.41) is 7.18. The maximum Gasteiger partial charge on any atom is 0.251 e. The Morgan fingerprint density at radius 3 is 2.61 bits per heavy atom. The van der Waals surface area contributed by atoms with Crippen molar-refractivity contribution < 1.29 is 4.79 Å². The number of benzene rings is 1. The Labute approximate surface area is 142 Å². The van der Waals surface area contributed by atoms with Crippen LogP contribution >= 0.6 is 15.9 Å². The zero-order valence-corrected chi connectivity index (χ0v) is 14.1. The van der Waals surface area contributed by atoms with E-state index in [1.807, 2.05) is 37.4 Å². The molecule has 0 fully saturated rings. The first-order chi connectivity index (χ1) is 11.1. The highest BCUT2D eigenvalue weighted by atomic mass is 79.9. The standard InChI is InChI=1S/C17H15BrN4O/c1-12(14-3-2-8-19-9-14)21-17(23)13-4-6-16(7-5-13)22-11-15(18)10-20-22/h2-12H,1H3,(H,21,23)/t12-/m0/s1. The number of halogens is 1. The summed E-state index contributed by atoms with van der Waals surface area (Å²) < 4.78 is 2.65. The van der Waals surface area contributed by atoms with Gasteiger partial charge in [-0.1, -0.05) is 6.07 Å². The van der Waals surface area contributed by atoms with E-state index in [0.717, 1.165) is 15.7 Å². The van der Waals surface area contributed by atoms with Crippen molar-refractivity contribution in [2.24, 2.45) is 0 Å². The number of amides is 1. The highest BCUT2D eigenvalue weighted by Crippen LogP contribution is 2.15. The van der Waals surface area contributed by atoms with Gasteiger partial charge < -0.3 is 5.32 Å². The van der Waals surface area contributed by atoms with Gasteiger partial charge in [-0.15, -0.1) is 0 Å². The molecule has 1 N–H and O–H groups in total. The molecule has 0 spiro atoms. The summed E-state index contributed by atoms with van der Waals surface area (Å²) >= 11 is 3.36. The summed E-state index contributed by atoms with van der Waals surface area (Å²) in [4.78, 5) is 16.4. The SMILES string of the molecule is C[C@H](NC(=O)c1ccc(-n2cc(Br)cn2)cc1)c1cccnc1. The topological polar surface area (TPSA) is 59.8 Å². The highest BCUT2D eigenvalue weighted by molar-refractivity contribution is 9.10. The van der Waals surface area contributed by atoms with Crippen LogP contribution in [0.15, 0.2) is 65.7 Å². The van der Waals surface area contributed by atoms with Crippen LogP contribution < -0.4 is 5.32 Å². The molecule has 3 rings (SSSR count). The van der Waals surface area contributed by atoms with Crippen molar-refractivity contribution in [2.45, 2.75) is 13.0 Å². The highest BCUT2D eigenvalue weighted by Gasteiger charge is 2.11. The van der Waals surface area contributed by atoms with Crippen LogP contribution in [0.1, 0.15) is 28.9 Å². The molecule has 2 aromatic heterocycles. The molecule has 23 heavy (non-hydrogen) atoms. The Bertz CT molecular complexity index is 799. The lowest BCUT2D eigenvalue weighted by Gasteiger charge is -2.14.